The van der Waals surface area contributed by atoms with Gasteiger partial charge in [0, 0.05) is 88.3 Å². The number of piperidine rings is 2. The molecule has 2 aromatic carbocycles. The molecule has 0 spiro atoms. The van der Waals surface area contributed by atoms with E-state index >= 15 is 0 Å². The Kier molecular flexibility index (Phi) is 8.69. The first-order valence-electron chi connectivity index (χ1n) is 21.0. The molecule has 2 saturated heterocycles. The van der Waals surface area contributed by atoms with Gasteiger partial charge in [-0.15, -0.1) is 0 Å². The van der Waals surface area contributed by atoms with E-state index in [1.165, 1.54) is 122 Å². The summed E-state index contributed by atoms with van der Waals surface area (Å²) in [5, 5.41) is 0. The lowest BCUT2D eigenvalue weighted by Gasteiger charge is -2.37. The predicted molar refractivity (Wildman–Crippen MR) is 223 cm³/mol. The highest BCUT2D eigenvalue weighted by Gasteiger charge is 2.28. The van der Waals surface area contributed by atoms with Crippen molar-refractivity contribution in [1.29, 1.82) is 0 Å². The van der Waals surface area contributed by atoms with Gasteiger partial charge < -0.3 is 17.9 Å². The molecule has 2 atom stereocenters. The number of rotatable bonds is 2. The molecule has 10 nitrogen and oxygen atoms in total. The third-order valence-corrected chi connectivity index (χ3v) is 13.1. The zero-order valence-corrected chi connectivity index (χ0v) is 32.2. The van der Waals surface area contributed by atoms with Crippen LogP contribution in [-0.2, 0) is 25.9 Å². The highest BCUT2D eigenvalue weighted by atomic mass is 15.2. The van der Waals surface area contributed by atoms with Gasteiger partial charge in [0.15, 0.2) is 0 Å². The Morgan fingerprint density at radius 3 is 1.43 bits per heavy atom. The summed E-state index contributed by atoms with van der Waals surface area (Å²) in [4.78, 5) is 24.3. The second-order valence-electron chi connectivity index (χ2n) is 16.5. The summed E-state index contributed by atoms with van der Waals surface area (Å²) >= 11 is 0. The van der Waals surface area contributed by atoms with Gasteiger partial charge in [-0.2, -0.15) is 0 Å². The SMILES string of the molecule is c1cn2cc(-c3ccc4c(c3)nc3n4CCCN4CCCC[C@@H]4C3)ccc2n1.c1cn2cc(-c3ccc4c(c3)nc3n4CCCN4CCCC[C@H]4C3)ccc2n1. The van der Waals surface area contributed by atoms with Crippen LogP contribution < -0.4 is 0 Å². The molecule has 0 bridgehead atoms. The van der Waals surface area contributed by atoms with E-state index in [1.54, 1.807) is 0 Å². The number of aromatic nitrogens is 8. The first kappa shape index (κ1) is 34.0. The van der Waals surface area contributed by atoms with Crippen LogP contribution in [-0.4, -0.2) is 85.9 Å². The molecule has 10 heterocycles. The van der Waals surface area contributed by atoms with Crippen LogP contribution in [0, 0.1) is 0 Å². The molecule has 4 aliphatic heterocycles. The van der Waals surface area contributed by atoms with Crippen LogP contribution in [0.25, 0.3) is 55.6 Å². The van der Waals surface area contributed by atoms with E-state index in [-0.39, 0.29) is 0 Å². The molecule has 56 heavy (non-hydrogen) atoms. The Labute approximate surface area is 327 Å². The number of nitrogens with zero attached hydrogens (tertiary/aromatic N) is 10. The topological polar surface area (TPSA) is 76.7 Å². The molecule has 0 aliphatic carbocycles. The monoisotopic (exact) mass is 742 g/mol. The minimum absolute atomic E-state index is 0.674. The number of fused-ring (bicyclic) bond motifs is 10. The van der Waals surface area contributed by atoms with Crippen LogP contribution in [0.4, 0.5) is 0 Å². The normalized spacial score (nSPS) is 20.6. The van der Waals surface area contributed by atoms with Crippen molar-refractivity contribution in [3.8, 4) is 22.3 Å². The zero-order chi connectivity index (χ0) is 37.0. The Balaban J connectivity index is 0.000000130. The number of pyridine rings is 2. The summed E-state index contributed by atoms with van der Waals surface area (Å²) in [6.07, 6.45) is 24.7. The van der Waals surface area contributed by atoms with Crippen LogP contribution in [0.5, 0.6) is 0 Å². The second kappa shape index (κ2) is 14.3. The molecule has 0 saturated carbocycles. The van der Waals surface area contributed by atoms with Gasteiger partial charge in [-0.3, -0.25) is 9.80 Å². The molecule has 4 aliphatic rings. The molecule has 6 aromatic heterocycles. The van der Waals surface area contributed by atoms with Gasteiger partial charge in [-0.25, -0.2) is 19.9 Å². The third-order valence-electron chi connectivity index (χ3n) is 13.1. The van der Waals surface area contributed by atoms with Gasteiger partial charge >= 0.3 is 0 Å². The van der Waals surface area contributed by atoms with Crippen LogP contribution >= 0.6 is 0 Å². The maximum atomic E-state index is 5.10. The molecular weight excluding hydrogens is 693 g/mol. The summed E-state index contributed by atoms with van der Waals surface area (Å²) in [7, 11) is 0. The Morgan fingerprint density at radius 1 is 0.464 bits per heavy atom. The molecule has 0 unspecified atom stereocenters. The van der Waals surface area contributed by atoms with E-state index in [1.807, 2.05) is 24.8 Å². The number of imidazole rings is 4. The van der Waals surface area contributed by atoms with Gasteiger partial charge in [0.1, 0.15) is 22.9 Å². The van der Waals surface area contributed by atoms with E-state index in [9.17, 15) is 0 Å². The van der Waals surface area contributed by atoms with Crippen molar-refractivity contribution in [2.75, 3.05) is 26.2 Å². The van der Waals surface area contributed by atoms with Crippen molar-refractivity contribution < 1.29 is 0 Å². The minimum atomic E-state index is 0.674. The second-order valence-corrected chi connectivity index (χ2v) is 16.5. The minimum Gasteiger partial charge on any atom is -0.328 e. The van der Waals surface area contributed by atoms with Crippen molar-refractivity contribution >= 4 is 33.4 Å². The Bertz CT molecular complexity index is 2490. The highest BCUT2D eigenvalue weighted by molar-refractivity contribution is 5.84. The van der Waals surface area contributed by atoms with Gasteiger partial charge in [0.2, 0.25) is 0 Å². The van der Waals surface area contributed by atoms with Crippen molar-refractivity contribution in [1.82, 2.24) is 47.7 Å². The fourth-order valence-electron chi connectivity index (χ4n) is 10.2. The molecule has 12 rings (SSSR count). The lowest BCUT2D eigenvalue weighted by Crippen LogP contribution is -2.43. The summed E-state index contributed by atoms with van der Waals surface area (Å²) in [5.41, 5.74) is 11.6. The first-order chi connectivity index (χ1) is 27.7. The summed E-state index contributed by atoms with van der Waals surface area (Å²) in [6, 6.07) is 23.3. The van der Waals surface area contributed by atoms with E-state index in [0.717, 1.165) is 48.3 Å². The quantitative estimate of drug-likeness (QED) is 0.178. The average molecular weight is 743 g/mol. The molecule has 0 radical (unpaired) electrons. The molecular formula is C46H50N10. The van der Waals surface area contributed by atoms with Crippen LogP contribution in [0.1, 0.15) is 63.0 Å². The van der Waals surface area contributed by atoms with Gasteiger partial charge in [0.25, 0.3) is 0 Å². The van der Waals surface area contributed by atoms with Crippen molar-refractivity contribution in [3.05, 3.63) is 109 Å². The molecule has 2 fully saturated rings. The summed E-state index contributed by atoms with van der Waals surface area (Å²) < 4.78 is 9.10. The predicted octanol–water partition coefficient (Wildman–Crippen LogP) is 8.30. The number of hydrogen-bond donors (Lipinski definition) is 0. The fourth-order valence-corrected chi connectivity index (χ4v) is 10.2. The first-order valence-corrected chi connectivity index (χ1v) is 21.0. The third kappa shape index (κ3) is 6.29. The molecule has 284 valence electrons. The van der Waals surface area contributed by atoms with Gasteiger partial charge in [0.05, 0.1) is 22.1 Å². The fraction of sp³-hybridized carbons (Fsp3) is 0.391. The number of benzene rings is 2. The Hall–Kier alpha value is -5.32. The highest BCUT2D eigenvalue weighted by Crippen LogP contribution is 2.31. The number of aryl methyl sites for hydroxylation is 2. The van der Waals surface area contributed by atoms with Crippen LogP contribution in [0.3, 0.4) is 0 Å². The molecule has 8 aromatic rings. The van der Waals surface area contributed by atoms with Gasteiger partial charge in [-0.1, -0.05) is 25.0 Å². The molecule has 0 amide bonds. The number of hydrogen-bond acceptors (Lipinski definition) is 6. The van der Waals surface area contributed by atoms with Crippen LogP contribution in [0.2, 0.25) is 0 Å². The van der Waals surface area contributed by atoms with Crippen molar-refractivity contribution in [2.45, 2.75) is 89.4 Å². The standard InChI is InChI=1S/2C23H25N5/c2*1-2-10-26-11-3-12-28-21-7-5-17(14-20(21)25-23(28)15-19(26)4-1)18-6-8-22-24-9-13-27(22)16-18/h2*5-9,13-14,16,19H,1-4,10-12,15H2/t2*19-/m10/s1. The van der Waals surface area contributed by atoms with Crippen molar-refractivity contribution in [2.24, 2.45) is 0 Å². The molecule has 10 heteroatoms. The van der Waals surface area contributed by atoms with E-state index in [4.69, 9.17) is 9.97 Å². The smallest absolute Gasteiger partial charge is 0.136 e. The van der Waals surface area contributed by atoms with Crippen LogP contribution in [0.15, 0.2) is 97.8 Å². The van der Waals surface area contributed by atoms with E-state index < -0.39 is 0 Å². The maximum absolute atomic E-state index is 5.10. The maximum Gasteiger partial charge on any atom is 0.136 e. The zero-order valence-electron chi connectivity index (χ0n) is 32.2. The van der Waals surface area contributed by atoms with Crippen molar-refractivity contribution in [3.63, 3.8) is 0 Å². The summed E-state index contributed by atoms with van der Waals surface area (Å²) in [6.45, 7) is 7.15. The molecule has 0 N–H and O–H groups in total. The lowest BCUT2D eigenvalue weighted by molar-refractivity contribution is 0.135. The van der Waals surface area contributed by atoms with E-state index in [0.29, 0.717) is 12.1 Å². The van der Waals surface area contributed by atoms with Gasteiger partial charge in [-0.05, 0) is 122 Å². The Morgan fingerprint density at radius 2 is 0.929 bits per heavy atom. The largest absolute Gasteiger partial charge is 0.328 e. The summed E-state index contributed by atoms with van der Waals surface area (Å²) in [5.74, 6) is 2.54. The lowest BCUT2D eigenvalue weighted by atomic mass is 9.98. The average Bonchev–Trinajstić information content (AvgIpc) is 4.02. The van der Waals surface area contributed by atoms with E-state index in [2.05, 4.69) is 111 Å².